The van der Waals surface area contributed by atoms with Crippen LogP contribution in [0.15, 0.2) is 24.3 Å². The maximum Gasteiger partial charge on any atom is 0.331 e. The van der Waals surface area contributed by atoms with E-state index in [0.717, 1.165) is 12.8 Å². The highest BCUT2D eigenvalue weighted by molar-refractivity contribution is 5.86. The van der Waals surface area contributed by atoms with Crippen LogP contribution < -0.4 is 5.32 Å². The maximum absolute atomic E-state index is 11.6. The Morgan fingerprint density at radius 1 is 1.37 bits per heavy atom. The van der Waals surface area contributed by atoms with Crippen molar-refractivity contribution < 1.29 is 14.3 Å². The number of rotatable bonds is 5. The van der Waals surface area contributed by atoms with Gasteiger partial charge in [0.1, 0.15) is 5.54 Å². The molecule has 1 fully saturated rings. The van der Waals surface area contributed by atoms with Gasteiger partial charge in [-0.2, -0.15) is 5.26 Å². The van der Waals surface area contributed by atoms with E-state index in [0.29, 0.717) is 12.8 Å². The Kier molecular flexibility index (Phi) is 5.80. The first-order chi connectivity index (χ1) is 9.12. The lowest BCUT2D eigenvalue weighted by atomic mass is 10.00. The molecule has 19 heavy (non-hydrogen) atoms. The number of hydrogen-bond acceptors (Lipinski definition) is 4. The summed E-state index contributed by atoms with van der Waals surface area (Å²) in [5.41, 5.74) is -0.774. The number of ether oxygens (including phenoxy) is 1. The number of nitrogens with zero attached hydrogens (tertiary/aromatic N) is 1. The van der Waals surface area contributed by atoms with E-state index >= 15 is 0 Å². The van der Waals surface area contributed by atoms with E-state index < -0.39 is 17.4 Å². The van der Waals surface area contributed by atoms with Crippen molar-refractivity contribution in [1.82, 2.24) is 5.32 Å². The van der Waals surface area contributed by atoms with Crippen LogP contribution in [0.25, 0.3) is 0 Å². The second-order valence-electron chi connectivity index (χ2n) is 4.44. The minimum absolute atomic E-state index is 0.359. The van der Waals surface area contributed by atoms with E-state index in [1.165, 1.54) is 12.2 Å². The molecule has 0 heterocycles. The number of nitrogens with one attached hydrogen (secondary N) is 1. The highest BCUT2D eigenvalue weighted by Crippen LogP contribution is 2.28. The first-order valence-electron chi connectivity index (χ1n) is 6.30. The summed E-state index contributed by atoms with van der Waals surface area (Å²) in [6.07, 6.45) is 9.41. The molecule has 5 nitrogen and oxygen atoms in total. The number of nitriles is 1. The van der Waals surface area contributed by atoms with E-state index in [1.54, 1.807) is 12.2 Å². The van der Waals surface area contributed by atoms with Crippen molar-refractivity contribution in [2.24, 2.45) is 0 Å². The summed E-state index contributed by atoms with van der Waals surface area (Å²) in [5.74, 6) is -1.01. The van der Waals surface area contributed by atoms with Gasteiger partial charge in [0.2, 0.25) is 0 Å². The summed E-state index contributed by atoms with van der Waals surface area (Å²) >= 11 is 0. The van der Waals surface area contributed by atoms with Gasteiger partial charge in [-0.25, -0.2) is 4.79 Å². The van der Waals surface area contributed by atoms with Gasteiger partial charge in [0.05, 0.1) is 6.07 Å². The molecule has 1 aliphatic carbocycles. The Bertz CT molecular complexity index is 426. The summed E-state index contributed by atoms with van der Waals surface area (Å²) in [5, 5.41) is 11.7. The van der Waals surface area contributed by atoms with Crippen molar-refractivity contribution in [2.75, 3.05) is 6.61 Å². The summed E-state index contributed by atoms with van der Waals surface area (Å²) in [6, 6.07) is 2.14. The first-order valence-corrected chi connectivity index (χ1v) is 6.30. The van der Waals surface area contributed by atoms with Crippen LogP contribution in [0.2, 0.25) is 0 Å². The van der Waals surface area contributed by atoms with Crippen LogP contribution in [-0.4, -0.2) is 24.0 Å². The van der Waals surface area contributed by atoms with Gasteiger partial charge in [-0.1, -0.05) is 18.2 Å². The van der Waals surface area contributed by atoms with Gasteiger partial charge in [-0.15, -0.1) is 0 Å². The fourth-order valence-electron chi connectivity index (χ4n) is 1.98. The quantitative estimate of drug-likeness (QED) is 0.464. The van der Waals surface area contributed by atoms with E-state index in [-0.39, 0.29) is 6.61 Å². The second kappa shape index (κ2) is 7.37. The standard InChI is InChI=1S/C14H18N2O3/c1-2-3-4-7-13(18)19-10-12(17)16-14(11-15)8-5-6-9-14/h2-4,7H,5-6,8-10H2,1H3,(H,16,17)/b3-2+,7-4+. The van der Waals surface area contributed by atoms with E-state index in [1.807, 2.05) is 6.92 Å². The van der Waals surface area contributed by atoms with Crippen molar-refractivity contribution in [1.29, 1.82) is 5.26 Å². The number of amides is 1. The average Bonchev–Trinajstić information content (AvgIpc) is 2.86. The van der Waals surface area contributed by atoms with Gasteiger partial charge in [0.15, 0.2) is 6.61 Å². The van der Waals surface area contributed by atoms with Crippen molar-refractivity contribution in [3.8, 4) is 6.07 Å². The Hall–Kier alpha value is -2.09. The zero-order valence-corrected chi connectivity index (χ0v) is 11.0. The van der Waals surface area contributed by atoms with Crippen LogP contribution in [0.4, 0.5) is 0 Å². The van der Waals surface area contributed by atoms with Crippen molar-refractivity contribution in [3.05, 3.63) is 24.3 Å². The smallest absolute Gasteiger partial charge is 0.331 e. The van der Waals surface area contributed by atoms with Gasteiger partial charge in [0, 0.05) is 6.08 Å². The normalized spacial score (nSPS) is 17.5. The molecule has 0 radical (unpaired) electrons. The zero-order chi connectivity index (χ0) is 14.1. The molecule has 0 atom stereocenters. The van der Waals surface area contributed by atoms with Crippen LogP contribution in [0.5, 0.6) is 0 Å². The van der Waals surface area contributed by atoms with Crippen LogP contribution in [-0.2, 0) is 14.3 Å². The first kappa shape index (κ1) is 15.0. The molecule has 102 valence electrons. The third-order valence-corrected chi connectivity index (χ3v) is 2.93. The predicted octanol–water partition coefficient (Wildman–Crippen LogP) is 1.61. The largest absolute Gasteiger partial charge is 0.452 e. The molecule has 1 aliphatic rings. The highest BCUT2D eigenvalue weighted by Gasteiger charge is 2.35. The Balaban J connectivity index is 2.36. The van der Waals surface area contributed by atoms with Gasteiger partial charge in [0.25, 0.3) is 5.91 Å². The molecule has 1 N–H and O–H groups in total. The molecule has 0 aliphatic heterocycles. The summed E-state index contributed by atoms with van der Waals surface area (Å²) in [4.78, 5) is 22.8. The molecule has 0 saturated heterocycles. The van der Waals surface area contributed by atoms with Gasteiger partial charge in [-0.3, -0.25) is 4.79 Å². The summed E-state index contributed by atoms with van der Waals surface area (Å²) in [6.45, 7) is 1.47. The van der Waals surface area contributed by atoms with Gasteiger partial charge >= 0.3 is 5.97 Å². The third kappa shape index (κ3) is 4.96. The number of allylic oxidation sites excluding steroid dienone is 3. The molecule has 0 spiro atoms. The predicted molar refractivity (Wildman–Crippen MR) is 69.9 cm³/mol. The van der Waals surface area contributed by atoms with Crippen LogP contribution in [0, 0.1) is 11.3 Å². The fraction of sp³-hybridized carbons (Fsp3) is 0.500. The molecule has 1 rings (SSSR count). The van der Waals surface area contributed by atoms with Crippen LogP contribution in [0.3, 0.4) is 0 Å². The van der Waals surface area contributed by atoms with Crippen molar-refractivity contribution >= 4 is 11.9 Å². The minimum atomic E-state index is -0.774. The Morgan fingerprint density at radius 2 is 2.05 bits per heavy atom. The molecule has 0 bridgehead atoms. The number of esters is 1. The van der Waals surface area contributed by atoms with Gasteiger partial charge in [-0.05, 0) is 32.6 Å². The van der Waals surface area contributed by atoms with Crippen molar-refractivity contribution in [3.63, 3.8) is 0 Å². The Labute approximate surface area is 112 Å². The molecule has 1 saturated carbocycles. The van der Waals surface area contributed by atoms with Gasteiger partial charge < -0.3 is 10.1 Å². The van der Waals surface area contributed by atoms with Crippen LogP contribution in [0.1, 0.15) is 32.6 Å². The molecular weight excluding hydrogens is 244 g/mol. The Morgan fingerprint density at radius 3 is 2.63 bits per heavy atom. The SMILES string of the molecule is C/C=C/C=C/C(=O)OCC(=O)NC1(C#N)CCCC1. The monoisotopic (exact) mass is 262 g/mol. The molecular formula is C14H18N2O3. The average molecular weight is 262 g/mol. The lowest BCUT2D eigenvalue weighted by Crippen LogP contribution is -2.46. The molecule has 1 amide bonds. The number of carbonyl (C=O) groups excluding carboxylic acids is 2. The van der Waals surface area contributed by atoms with Crippen molar-refractivity contribution in [2.45, 2.75) is 38.1 Å². The lowest BCUT2D eigenvalue weighted by Gasteiger charge is -2.21. The second-order valence-corrected chi connectivity index (χ2v) is 4.44. The number of carbonyl (C=O) groups is 2. The number of hydrogen-bond donors (Lipinski definition) is 1. The maximum atomic E-state index is 11.6. The fourth-order valence-corrected chi connectivity index (χ4v) is 1.98. The van der Waals surface area contributed by atoms with E-state index in [2.05, 4.69) is 11.4 Å². The molecule has 0 unspecified atom stereocenters. The summed E-state index contributed by atoms with van der Waals surface area (Å²) in [7, 11) is 0. The molecule has 0 aromatic heterocycles. The third-order valence-electron chi connectivity index (χ3n) is 2.93. The highest BCUT2D eigenvalue weighted by atomic mass is 16.5. The van der Waals surface area contributed by atoms with Crippen LogP contribution >= 0.6 is 0 Å². The lowest BCUT2D eigenvalue weighted by molar-refractivity contribution is -0.144. The summed E-state index contributed by atoms with van der Waals surface area (Å²) < 4.78 is 4.77. The van der Waals surface area contributed by atoms with E-state index in [9.17, 15) is 9.59 Å². The molecule has 0 aromatic carbocycles. The molecule has 5 heteroatoms. The zero-order valence-electron chi connectivity index (χ0n) is 11.0. The minimum Gasteiger partial charge on any atom is -0.452 e. The topological polar surface area (TPSA) is 79.2 Å². The molecule has 0 aromatic rings. The van der Waals surface area contributed by atoms with E-state index in [4.69, 9.17) is 10.00 Å².